The van der Waals surface area contributed by atoms with Gasteiger partial charge in [-0.15, -0.1) is 10.2 Å². The number of anilines is 1. The maximum Gasteiger partial charge on any atom is 0.233 e. The van der Waals surface area contributed by atoms with E-state index < -0.39 is 0 Å². The van der Waals surface area contributed by atoms with Crippen molar-refractivity contribution in [1.82, 2.24) is 15.1 Å². The van der Waals surface area contributed by atoms with Crippen molar-refractivity contribution in [2.24, 2.45) is 5.92 Å². The van der Waals surface area contributed by atoms with Crippen LogP contribution in [0.4, 0.5) is 5.13 Å². The van der Waals surface area contributed by atoms with Crippen molar-refractivity contribution in [1.29, 1.82) is 0 Å². The molecule has 0 bridgehead atoms. The van der Waals surface area contributed by atoms with Crippen LogP contribution in [-0.2, 0) is 4.79 Å². The fourth-order valence-electron chi connectivity index (χ4n) is 4.44. The molecule has 24 heavy (non-hydrogen) atoms. The maximum absolute atomic E-state index is 12.7. The number of fused-ring (bicyclic) bond motifs is 1. The molecule has 1 aliphatic carbocycles. The number of carbonyl (C=O) groups excluding carboxylic acids is 1. The van der Waals surface area contributed by atoms with Gasteiger partial charge in [-0.1, -0.05) is 35.9 Å². The molecule has 0 N–H and O–H groups in total. The molecular weight excluding hydrogens is 340 g/mol. The smallest absolute Gasteiger partial charge is 0.233 e. The number of aromatic nitrogens is 2. The summed E-state index contributed by atoms with van der Waals surface area (Å²) in [6.07, 6.45) is 10.1. The normalized spacial score (nSPS) is 27.3. The van der Waals surface area contributed by atoms with E-state index >= 15 is 0 Å². The summed E-state index contributed by atoms with van der Waals surface area (Å²) in [4.78, 5) is 17.2. The van der Waals surface area contributed by atoms with Crippen molar-refractivity contribution in [3.63, 3.8) is 0 Å². The van der Waals surface area contributed by atoms with E-state index in [0.29, 0.717) is 17.7 Å². The average Bonchev–Trinajstić information content (AvgIpc) is 3.30. The molecule has 3 fully saturated rings. The van der Waals surface area contributed by atoms with Gasteiger partial charge in [0.15, 0.2) is 4.34 Å². The summed E-state index contributed by atoms with van der Waals surface area (Å²) in [5, 5.41) is 9.60. The first-order chi connectivity index (χ1) is 11.8. The molecule has 0 radical (unpaired) electrons. The fourth-order valence-corrected chi connectivity index (χ4v) is 6.22. The van der Waals surface area contributed by atoms with E-state index in [0.717, 1.165) is 35.0 Å². The Morgan fingerprint density at radius 3 is 2.71 bits per heavy atom. The topological polar surface area (TPSA) is 49.3 Å². The van der Waals surface area contributed by atoms with Gasteiger partial charge in [0.2, 0.25) is 11.0 Å². The SMILES string of the molecule is O=C(CSc1nnc(N2CCCC2)s1)N1CCCC2CCCCC21. The Bertz CT molecular complexity index is 571. The molecule has 3 aliphatic rings. The number of carbonyl (C=O) groups is 1. The van der Waals surface area contributed by atoms with Crippen LogP contribution in [0.2, 0.25) is 0 Å². The van der Waals surface area contributed by atoms with E-state index in [1.165, 1.54) is 51.4 Å². The van der Waals surface area contributed by atoms with Crippen LogP contribution in [0.5, 0.6) is 0 Å². The van der Waals surface area contributed by atoms with E-state index in [1.807, 2.05) is 0 Å². The first kappa shape index (κ1) is 16.6. The highest BCUT2D eigenvalue weighted by atomic mass is 32.2. The maximum atomic E-state index is 12.7. The summed E-state index contributed by atoms with van der Waals surface area (Å²) >= 11 is 3.21. The van der Waals surface area contributed by atoms with E-state index in [-0.39, 0.29) is 0 Å². The number of nitrogens with zero attached hydrogens (tertiary/aromatic N) is 4. The lowest BCUT2D eigenvalue weighted by molar-refractivity contribution is -0.134. The first-order valence-corrected chi connectivity index (χ1v) is 11.1. The van der Waals surface area contributed by atoms with E-state index in [1.54, 1.807) is 23.1 Å². The molecule has 0 aromatic carbocycles. The molecule has 2 saturated heterocycles. The zero-order valence-corrected chi connectivity index (χ0v) is 15.8. The molecule has 0 spiro atoms. The second kappa shape index (κ2) is 7.60. The Morgan fingerprint density at radius 2 is 1.83 bits per heavy atom. The monoisotopic (exact) mass is 366 g/mol. The summed E-state index contributed by atoms with van der Waals surface area (Å²) in [6, 6.07) is 0.509. The predicted octanol–water partition coefficient (Wildman–Crippen LogP) is 3.41. The van der Waals surface area contributed by atoms with Crippen LogP contribution in [0.1, 0.15) is 51.4 Å². The summed E-state index contributed by atoms with van der Waals surface area (Å²) < 4.78 is 0.933. The lowest BCUT2D eigenvalue weighted by Gasteiger charge is -2.44. The highest BCUT2D eigenvalue weighted by Crippen LogP contribution is 2.36. The predicted molar refractivity (Wildman–Crippen MR) is 98.8 cm³/mol. The summed E-state index contributed by atoms with van der Waals surface area (Å²) in [5.41, 5.74) is 0. The fraction of sp³-hybridized carbons (Fsp3) is 0.824. The molecule has 132 valence electrons. The molecular formula is C17H26N4OS2. The summed E-state index contributed by atoms with van der Waals surface area (Å²) in [7, 11) is 0. The Kier molecular flexibility index (Phi) is 5.27. The molecule has 2 unspecified atom stereocenters. The largest absolute Gasteiger partial charge is 0.347 e. The van der Waals surface area contributed by atoms with Crippen molar-refractivity contribution in [2.45, 2.75) is 61.7 Å². The van der Waals surface area contributed by atoms with Gasteiger partial charge in [-0.25, -0.2) is 0 Å². The Hall–Kier alpha value is -0.820. The van der Waals surface area contributed by atoms with Gasteiger partial charge in [-0.2, -0.15) is 0 Å². The second-order valence-corrected chi connectivity index (χ2v) is 9.35. The van der Waals surface area contributed by atoms with Crippen molar-refractivity contribution in [2.75, 3.05) is 30.3 Å². The zero-order chi connectivity index (χ0) is 16.4. The quantitative estimate of drug-likeness (QED) is 0.764. The third-order valence-corrected chi connectivity index (χ3v) is 7.76. The molecule has 1 saturated carbocycles. The van der Waals surface area contributed by atoms with Gasteiger partial charge in [-0.05, 0) is 44.4 Å². The first-order valence-electron chi connectivity index (χ1n) is 9.32. The van der Waals surface area contributed by atoms with Crippen LogP contribution < -0.4 is 4.90 Å². The Morgan fingerprint density at radius 1 is 1.04 bits per heavy atom. The summed E-state index contributed by atoms with van der Waals surface area (Å²) in [6.45, 7) is 3.14. The Labute approximate surface area is 152 Å². The molecule has 7 heteroatoms. The number of likely N-dealkylation sites (tertiary alicyclic amines) is 1. The van der Waals surface area contributed by atoms with Crippen molar-refractivity contribution < 1.29 is 4.79 Å². The van der Waals surface area contributed by atoms with Gasteiger partial charge in [0.25, 0.3) is 0 Å². The third kappa shape index (κ3) is 3.57. The zero-order valence-electron chi connectivity index (χ0n) is 14.2. The molecule has 4 rings (SSSR count). The van der Waals surface area contributed by atoms with Crippen LogP contribution in [0.15, 0.2) is 4.34 Å². The van der Waals surface area contributed by atoms with Crippen LogP contribution in [-0.4, -0.2) is 52.4 Å². The number of piperidine rings is 1. The second-order valence-electron chi connectivity index (χ2n) is 7.17. The lowest BCUT2D eigenvalue weighted by atomic mass is 9.78. The number of hydrogen-bond acceptors (Lipinski definition) is 6. The van der Waals surface area contributed by atoms with Gasteiger partial charge in [-0.3, -0.25) is 4.79 Å². The van der Waals surface area contributed by atoms with Crippen LogP contribution in [0, 0.1) is 5.92 Å². The summed E-state index contributed by atoms with van der Waals surface area (Å²) in [5.74, 6) is 1.57. The number of amides is 1. The highest BCUT2D eigenvalue weighted by molar-refractivity contribution is 8.01. The number of thioether (sulfide) groups is 1. The van der Waals surface area contributed by atoms with E-state index in [2.05, 4.69) is 20.0 Å². The molecule has 3 heterocycles. The number of hydrogen-bond donors (Lipinski definition) is 0. The standard InChI is InChI=1S/C17H26N4OS2/c22-15(21-11-5-7-13-6-1-2-8-14(13)21)12-23-17-19-18-16(24-17)20-9-3-4-10-20/h13-14H,1-12H2. The lowest BCUT2D eigenvalue weighted by Crippen LogP contribution is -2.50. The minimum absolute atomic E-state index is 0.300. The van der Waals surface area contributed by atoms with Gasteiger partial charge in [0.05, 0.1) is 5.75 Å². The van der Waals surface area contributed by atoms with Crippen LogP contribution in [0.3, 0.4) is 0 Å². The van der Waals surface area contributed by atoms with E-state index in [9.17, 15) is 4.79 Å². The van der Waals surface area contributed by atoms with Gasteiger partial charge < -0.3 is 9.80 Å². The molecule has 1 aromatic heterocycles. The van der Waals surface area contributed by atoms with Gasteiger partial charge in [0, 0.05) is 25.7 Å². The van der Waals surface area contributed by atoms with Gasteiger partial charge in [0.1, 0.15) is 0 Å². The number of rotatable bonds is 4. The molecule has 2 atom stereocenters. The van der Waals surface area contributed by atoms with Crippen molar-refractivity contribution in [3.8, 4) is 0 Å². The molecule has 2 aliphatic heterocycles. The van der Waals surface area contributed by atoms with Crippen LogP contribution >= 0.6 is 23.1 Å². The van der Waals surface area contributed by atoms with E-state index in [4.69, 9.17) is 0 Å². The van der Waals surface area contributed by atoms with Crippen molar-refractivity contribution in [3.05, 3.63) is 0 Å². The van der Waals surface area contributed by atoms with Crippen LogP contribution in [0.25, 0.3) is 0 Å². The average molecular weight is 367 g/mol. The van der Waals surface area contributed by atoms with Crippen molar-refractivity contribution >= 4 is 34.1 Å². The molecule has 5 nitrogen and oxygen atoms in total. The molecule has 1 amide bonds. The highest BCUT2D eigenvalue weighted by Gasteiger charge is 2.35. The minimum Gasteiger partial charge on any atom is -0.347 e. The third-order valence-electron chi connectivity index (χ3n) is 5.66. The van der Waals surface area contributed by atoms with Gasteiger partial charge >= 0.3 is 0 Å². The minimum atomic E-state index is 0.300. The molecule has 1 aromatic rings. The Balaban J connectivity index is 1.32.